The topological polar surface area (TPSA) is 112 Å². The van der Waals surface area contributed by atoms with E-state index in [0.717, 1.165) is 16.9 Å². The predicted octanol–water partition coefficient (Wildman–Crippen LogP) is 3.47. The number of benzene rings is 2. The lowest BCUT2D eigenvalue weighted by molar-refractivity contribution is -0.120. The first kappa shape index (κ1) is 24.0. The lowest BCUT2D eigenvalue weighted by atomic mass is 9.84. The van der Waals surface area contributed by atoms with Gasteiger partial charge >= 0.3 is 0 Å². The Labute approximate surface area is 194 Å². The molecule has 8 heteroatoms. The minimum Gasteiger partial charge on any atom is -0.355 e. The van der Waals surface area contributed by atoms with Crippen LogP contribution in [-0.4, -0.2) is 36.3 Å². The Bertz CT molecular complexity index is 1100. The molecule has 0 bridgehead atoms. The van der Waals surface area contributed by atoms with E-state index in [0.29, 0.717) is 24.1 Å². The SMILES string of the molecule is CC(C)NC(=O)c1cccc(Nc2ccc(C(=O)/N=C3\NCCC(=O)N3)cc2C(C)(C)C)c1. The molecule has 2 aromatic rings. The van der Waals surface area contributed by atoms with Gasteiger partial charge in [-0.1, -0.05) is 26.8 Å². The zero-order valence-corrected chi connectivity index (χ0v) is 19.7. The van der Waals surface area contributed by atoms with Crippen molar-refractivity contribution in [1.82, 2.24) is 16.0 Å². The van der Waals surface area contributed by atoms with Gasteiger partial charge in [-0.2, -0.15) is 4.99 Å². The molecule has 0 spiro atoms. The average molecular weight is 450 g/mol. The number of aliphatic imine (C=N–C) groups is 1. The summed E-state index contributed by atoms with van der Waals surface area (Å²) in [7, 11) is 0. The third kappa shape index (κ3) is 6.41. The molecule has 1 heterocycles. The van der Waals surface area contributed by atoms with E-state index in [-0.39, 0.29) is 29.2 Å². The molecule has 1 saturated heterocycles. The molecule has 33 heavy (non-hydrogen) atoms. The lowest BCUT2D eigenvalue weighted by Crippen LogP contribution is -2.48. The number of nitrogens with zero attached hydrogens (tertiary/aromatic N) is 1. The third-order valence-electron chi connectivity index (χ3n) is 5.01. The molecule has 0 saturated carbocycles. The Balaban J connectivity index is 1.88. The van der Waals surface area contributed by atoms with Crippen molar-refractivity contribution in [2.45, 2.75) is 52.5 Å². The van der Waals surface area contributed by atoms with Gasteiger partial charge in [-0.25, -0.2) is 0 Å². The summed E-state index contributed by atoms with van der Waals surface area (Å²) in [5, 5.41) is 11.8. The fraction of sp³-hybridized carbons (Fsp3) is 0.360. The summed E-state index contributed by atoms with van der Waals surface area (Å²) in [4.78, 5) is 40.7. The van der Waals surface area contributed by atoms with Gasteiger partial charge in [0.1, 0.15) is 0 Å². The van der Waals surface area contributed by atoms with Crippen LogP contribution < -0.4 is 21.3 Å². The largest absolute Gasteiger partial charge is 0.355 e. The molecule has 0 unspecified atom stereocenters. The van der Waals surface area contributed by atoms with Crippen molar-refractivity contribution < 1.29 is 14.4 Å². The van der Waals surface area contributed by atoms with E-state index in [2.05, 4.69) is 47.0 Å². The van der Waals surface area contributed by atoms with Crippen molar-refractivity contribution in [3.8, 4) is 0 Å². The van der Waals surface area contributed by atoms with E-state index in [1.54, 1.807) is 18.2 Å². The molecule has 0 aliphatic carbocycles. The van der Waals surface area contributed by atoms with Gasteiger partial charge in [-0.05, 0) is 61.2 Å². The van der Waals surface area contributed by atoms with Crippen molar-refractivity contribution >= 4 is 35.1 Å². The smallest absolute Gasteiger partial charge is 0.280 e. The summed E-state index contributed by atoms with van der Waals surface area (Å²) in [6.07, 6.45) is 0.349. The van der Waals surface area contributed by atoms with E-state index in [4.69, 9.17) is 0 Å². The fourth-order valence-electron chi connectivity index (χ4n) is 3.41. The molecule has 0 atom stereocenters. The number of carbonyl (C=O) groups excluding carboxylic acids is 3. The number of anilines is 2. The van der Waals surface area contributed by atoms with E-state index >= 15 is 0 Å². The van der Waals surface area contributed by atoms with Crippen LogP contribution >= 0.6 is 0 Å². The van der Waals surface area contributed by atoms with Crippen molar-refractivity contribution in [2.24, 2.45) is 4.99 Å². The second-order valence-corrected chi connectivity index (χ2v) is 9.33. The number of carbonyl (C=O) groups is 3. The van der Waals surface area contributed by atoms with Crippen LogP contribution in [0.5, 0.6) is 0 Å². The first-order chi connectivity index (χ1) is 15.5. The van der Waals surface area contributed by atoms with E-state index < -0.39 is 5.91 Å². The highest BCUT2D eigenvalue weighted by atomic mass is 16.2. The first-order valence-corrected chi connectivity index (χ1v) is 11.0. The van der Waals surface area contributed by atoms with E-state index in [1.807, 2.05) is 38.1 Å². The Morgan fingerprint density at radius 3 is 2.48 bits per heavy atom. The predicted molar refractivity (Wildman–Crippen MR) is 130 cm³/mol. The summed E-state index contributed by atoms with van der Waals surface area (Å²) < 4.78 is 0. The van der Waals surface area contributed by atoms with Gasteiger partial charge in [-0.3, -0.25) is 19.7 Å². The summed E-state index contributed by atoms with van der Waals surface area (Å²) in [6, 6.07) is 12.7. The Morgan fingerprint density at radius 1 is 1.06 bits per heavy atom. The van der Waals surface area contributed by atoms with Crippen molar-refractivity contribution in [2.75, 3.05) is 11.9 Å². The highest BCUT2D eigenvalue weighted by molar-refractivity contribution is 6.08. The number of nitrogens with one attached hydrogen (secondary N) is 4. The average Bonchev–Trinajstić information content (AvgIpc) is 2.73. The Morgan fingerprint density at radius 2 is 1.82 bits per heavy atom. The quantitative estimate of drug-likeness (QED) is 0.559. The lowest BCUT2D eigenvalue weighted by Gasteiger charge is -2.24. The molecule has 0 radical (unpaired) electrons. The number of guanidine groups is 1. The second-order valence-electron chi connectivity index (χ2n) is 9.33. The van der Waals surface area contributed by atoms with E-state index in [9.17, 15) is 14.4 Å². The molecule has 8 nitrogen and oxygen atoms in total. The summed E-state index contributed by atoms with van der Waals surface area (Å²) in [6.45, 7) is 10.5. The standard InChI is InChI=1S/C25H31N5O3/c1-15(2)27-22(32)16-7-6-8-18(13-16)28-20-10-9-17(14-19(20)25(3,4)5)23(33)30-24-26-12-11-21(31)29-24/h6-10,13-15,28H,11-12H2,1-5H3,(H,27,32)(H2,26,29,30,31,33). The molecular weight excluding hydrogens is 418 g/mol. The van der Waals surface area contributed by atoms with Crippen LogP contribution in [0.15, 0.2) is 47.5 Å². The van der Waals surface area contributed by atoms with Crippen molar-refractivity contribution in [1.29, 1.82) is 0 Å². The van der Waals surface area contributed by atoms with Gasteiger partial charge in [-0.15, -0.1) is 0 Å². The zero-order chi connectivity index (χ0) is 24.2. The van der Waals surface area contributed by atoms with Crippen molar-refractivity contribution in [3.63, 3.8) is 0 Å². The minimum absolute atomic E-state index is 0.0485. The molecule has 3 amide bonds. The summed E-state index contributed by atoms with van der Waals surface area (Å²) >= 11 is 0. The molecule has 0 aromatic heterocycles. The van der Waals surface area contributed by atoms with Crippen LogP contribution in [0.2, 0.25) is 0 Å². The molecule has 4 N–H and O–H groups in total. The highest BCUT2D eigenvalue weighted by Crippen LogP contribution is 2.33. The first-order valence-electron chi connectivity index (χ1n) is 11.0. The van der Waals surface area contributed by atoms with Gasteiger partial charge in [0.15, 0.2) is 0 Å². The van der Waals surface area contributed by atoms with Crippen LogP contribution in [0.4, 0.5) is 11.4 Å². The zero-order valence-electron chi connectivity index (χ0n) is 19.7. The van der Waals surface area contributed by atoms with Crippen LogP contribution in [-0.2, 0) is 10.2 Å². The summed E-state index contributed by atoms with van der Waals surface area (Å²) in [5.74, 6) is -0.566. The second kappa shape index (κ2) is 9.85. The Kier molecular flexibility index (Phi) is 7.16. The van der Waals surface area contributed by atoms with Gasteiger partial charge in [0.2, 0.25) is 11.9 Å². The van der Waals surface area contributed by atoms with Crippen LogP contribution in [0.25, 0.3) is 0 Å². The van der Waals surface area contributed by atoms with Crippen LogP contribution in [0.3, 0.4) is 0 Å². The maximum absolute atomic E-state index is 12.7. The molecular formula is C25H31N5O3. The maximum atomic E-state index is 12.7. The van der Waals surface area contributed by atoms with E-state index in [1.165, 1.54) is 0 Å². The summed E-state index contributed by atoms with van der Waals surface area (Å²) in [5.41, 5.74) is 3.24. The van der Waals surface area contributed by atoms with Gasteiger partial charge in [0, 0.05) is 41.5 Å². The highest BCUT2D eigenvalue weighted by Gasteiger charge is 2.21. The monoisotopic (exact) mass is 449 g/mol. The van der Waals surface area contributed by atoms with Gasteiger partial charge in [0.05, 0.1) is 0 Å². The molecule has 1 aliphatic rings. The number of hydrogen-bond donors (Lipinski definition) is 4. The van der Waals surface area contributed by atoms with Crippen molar-refractivity contribution in [3.05, 3.63) is 59.2 Å². The third-order valence-corrected chi connectivity index (χ3v) is 5.01. The minimum atomic E-state index is -0.441. The molecule has 3 rings (SSSR count). The molecule has 174 valence electrons. The van der Waals surface area contributed by atoms with Gasteiger partial charge < -0.3 is 16.0 Å². The molecule has 1 fully saturated rings. The number of hydrogen-bond acceptors (Lipinski definition) is 4. The number of amides is 3. The van der Waals surface area contributed by atoms with Crippen LogP contribution in [0, 0.1) is 0 Å². The Hall–Kier alpha value is -3.68. The fourth-order valence-corrected chi connectivity index (χ4v) is 3.41. The molecule has 1 aliphatic heterocycles. The maximum Gasteiger partial charge on any atom is 0.280 e. The normalized spacial score (nSPS) is 15.1. The van der Waals surface area contributed by atoms with Crippen LogP contribution in [0.1, 0.15) is 67.3 Å². The number of rotatable bonds is 5. The van der Waals surface area contributed by atoms with Gasteiger partial charge in [0.25, 0.3) is 11.8 Å². The molecule has 2 aromatic carbocycles.